The van der Waals surface area contributed by atoms with Crippen LogP contribution >= 0.6 is 11.6 Å². The van der Waals surface area contributed by atoms with Gasteiger partial charge in [0.05, 0.1) is 30.9 Å². The highest BCUT2D eigenvalue weighted by Gasteiger charge is 2.42. The van der Waals surface area contributed by atoms with Crippen LogP contribution in [0, 0.1) is 0 Å². The van der Waals surface area contributed by atoms with Crippen LogP contribution < -0.4 is 14.8 Å². The molecule has 8 heteroatoms. The van der Waals surface area contributed by atoms with E-state index in [0.29, 0.717) is 48.3 Å². The first-order chi connectivity index (χ1) is 17.8. The molecule has 2 aliphatic rings. The average molecular weight is 526 g/mol. The van der Waals surface area contributed by atoms with Crippen LogP contribution in [-0.2, 0) is 14.3 Å². The number of allylic oxidation sites excluding steroid dienone is 3. The van der Waals surface area contributed by atoms with Crippen molar-refractivity contribution in [1.29, 1.82) is 0 Å². The lowest BCUT2D eigenvalue weighted by Crippen LogP contribution is -2.36. The molecule has 0 saturated carbocycles. The van der Waals surface area contributed by atoms with E-state index in [1.54, 1.807) is 26.2 Å². The number of halogens is 1. The minimum atomic E-state index is -0.706. The Bertz CT molecular complexity index is 1260. The highest BCUT2D eigenvalue weighted by Crippen LogP contribution is 2.48. The van der Waals surface area contributed by atoms with Crippen molar-refractivity contribution in [2.45, 2.75) is 51.9 Å². The van der Waals surface area contributed by atoms with Gasteiger partial charge in [0.1, 0.15) is 5.75 Å². The van der Waals surface area contributed by atoms with Crippen LogP contribution in [0.25, 0.3) is 0 Å². The molecule has 0 aromatic heterocycles. The quantitative estimate of drug-likeness (QED) is 0.423. The molecule has 7 nitrogen and oxygen atoms in total. The molecular weight excluding hydrogens is 494 g/mol. The molecule has 1 heterocycles. The number of phenols is 1. The molecule has 1 aliphatic carbocycles. The van der Waals surface area contributed by atoms with Crippen molar-refractivity contribution in [2.75, 3.05) is 20.3 Å². The Labute approximate surface area is 222 Å². The highest BCUT2D eigenvalue weighted by molar-refractivity contribution is 6.32. The van der Waals surface area contributed by atoms with Crippen molar-refractivity contribution in [3.63, 3.8) is 0 Å². The summed E-state index contributed by atoms with van der Waals surface area (Å²) in [4.78, 5) is 27.0. The topological polar surface area (TPSA) is 94.1 Å². The monoisotopic (exact) mass is 525 g/mol. The second-order valence-electron chi connectivity index (χ2n) is 9.21. The van der Waals surface area contributed by atoms with Gasteiger partial charge in [0.2, 0.25) is 0 Å². The first-order valence-corrected chi connectivity index (χ1v) is 12.9. The van der Waals surface area contributed by atoms with E-state index in [2.05, 4.69) is 5.32 Å². The zero-order valence-corrected chi connectivity index (χ0v) is 22.3. The fraction of sp³-hybridized carbons (Fsp3) is 0.379. The van der Waals surface area contributed by atoms with Gasteiger partial charge < -0.3 is 24.6 Å². The van der Waals surface area contributed by atoms with Crippen LogP contribution in [0.2, 0.25) is 5.02 Å². The number of methoxy groups -OCH3 is 1. The molecular formula is C29H32ClNO6. The molecule has 0 spiro atoms. The van der Waals surface area contributed by atoms with E-state index < -0.39 is 11.9 Å². The van der Waals surface area contributed by atoms with Gasteiger partial charge in [-0.3, -0.25) is 4.79 Å². The highest BCUT2D eigenvalue weighted by atomic mass is 35.5. The second kappa shape index (κ2) is 11.3. The van der Waals surface area contributed by atoms with Crippen molar-refractivity contribution in [3.8, 4) is 17.2 Å². The van der Waals surface area contributed by atoms with Crippen molar-refractivity contribution in [3.05, 3.63) is 75.1 Å². The zero-order valence-electron chi connectivity index (χ0n) is 21.5. The largest absolute Gasteiger partial charge is 0.503 e. The molecule has 0 amide bonds. The normalized spacial score (nSPS) is 19.3. The van der Waals surface area contributed by atoms with E-state index >= 15 is 0 Å². The number of ketones is 1. The molecule has 4 rings (SSSR count). The molecule has 0 saturated heterocycles. The number of ether oxygens (including phenoxy) is 3. The summed E-state index contributed by atoms with van der Waals surface area (Å²) in [6.45, 7) is 6.11. The summed E-state index contributed by atoms with van der Waals surface area (Å²) < 4.78 is 16.4. The predicted octanol–water partition coefficient (Wildman–Crippen LogP) is 5.77. The number of phenolic OH excluding ortho intramolecular Hbond substituents is 1. The Balaban J connectivity index is 1.81. The van der Waals surface area contributed by atoms with Gasteiger partial charge in [-0.1, -0.05) is 30.7 Å². The summed E-state index contributed by atoms with van der Waals surface area (Å²) >= 11 is 6.37. The van der Waals surface area contributed by atoms with E-state index in [-0.39, 0.29) is 34.8 Å². The van der Waals surface area contributed by atoms with Gasteiger partial charge in [0.15, 0.2) is 17.3 Å². The number of Topliss-reactive ketones (excluding diaryl/α,β-unsaturated/α-hetero) is 1. The number of carbonyl (C=O) groups is 2. The number of aromatic hydroxyl groups is 1. The lowest BCUT2D eigenvalue weighted by atomic mass is 9.71. The molecule has 196 valence electrons. The number of hydrogen-bond donors (Lipinski definition) is 2. The first-order valence-electron chi connectivity index (χ1n) is 12.5. The van der Waals surface area contributed by atoms with Crippen LogP contribution in [0.15, 0.2) is 58.9 Å². The van der Waals surface area contributed by atoms with Gasteiger partial charge in [-0.25, -0.2) is 4.79 Å². The number of nitrogens with one attached hydrogen (secondary N) is 1. The molecule has 2 aromatic carbocycles. The predicted molar refractivity (Wildman–Crippen MR) is 141 cm³/mol. The third-order valence-corrected chi connectivity index (χ3v) is 7.04. The van der Waals surface area contributed by atoms with Gasteiger partial charge in [-0.15, -0.1) is 0 Å². The number of benzene rings is 2. The fourth-order valence-corrected chi connectivity index (χ4v) is 5.27. The Hall–Kier alpha value is -3.45. The van der Waals surface area contributed by atoms with E-state index in [1.165, 1.54) is 0 Å². The molecule has 0 unspecified atom stereocenters. The number of carbonyl (C=O) groups excluding carboxylic acids is 2. The van der Waals surface area contributed by atoms with Crippen molar-refractivity contribution >= 4 is 23.4 Å². The molecule has 2 aromatic rings. The van der Waals surface area contributed by atoms with Crippen molar-refractivity contribution < 1.29 is 28.9 Å². The number of dihydropyridines is 1. The van der Waals surface area contributed by atoms with Crippen molar-refractivity contribution in [2.24, 2.45) is 0 Å². The summed E-state index contributed by atoms with van der Waals surface area (Å²) in [5, 5.41) is 13.8. The van der Waals surface area contributed by atoms with E-state index in [9.17, 15) is 14.7 Å². The second-order valence-corrected chi connectivity index (χ2v) is 9.62. The summed E-state index contributed by atoms with van der Waals surface area (Å²) in [6.07, 6.45) is 1.57. The standard InChI is InChI=1S/C29H32ClNO6/c1-5-11-37-29(34)25-16(3)31-22-13-18(17-7-9-20(35-4)10-8-17)14-23(32)27(22)26(25)19-12-21(30)28(33)24(15-19)36-6-2/h7-10,12,15,18,26,31,33H,5-6,11,13-14H2,1-4H3/t18-,26+/m1/s1. The third-order valence-electron chi connectivity index (χ3n) is 6.76. The van der Waals surface area contributed by atoms with Crippen LogP contribution in [0.4, 0.5) is 0 Å². The van der Waals surface area contributed by atoms with Crippen LogP contribution in [0.5, 0.6) is 17.2 Å². The Morgan fingerprint density at radius 3 is 2.51 bits per heavy atom. The molecule has 0 bridgehead atoms. The maximum atomic E-state index is 13.8. The Morgan fingerprint density at radius 2 is 1.86 bits per heavy atom. The maximum absolute atomic E-state index is 13.8. The summed E-state index contributed by atoms with van der Waals surface area (Å²) in [5.41, 5.74) is 3.89. The van der Waals surface area contributed by atoms with Gasteiger partial charge in [0, 0.05) is 29.3 Å². The minimum absolute atomic E-state index is 0.0194. The summed E-state index contributed by atoms with van der Waals surface area (Å²) in [6, 6.07) is 11.0. The molecule has 1 aliphatic heterocycles. The third kappa shape index (κ3) is 5.32. The van der Waals surface area contributed by atoms with Gasteiger partial charge in [-0.2, -0.15) is 0 Å². The fourth-order valence-electron chi connectivity index (χ4n) is 5.05. The number of hydrogen-bond acceptors (Lipinski definition) is 7. The van der Waals surface area contributed by atoms with Crippen LogP contribution in [0.3, 0.4) is 0 Å². The van der Waals surface area contributed by atoms with Crippen molar-refractivity contribution in [1.82, 2.24) is 5.32 Å². The Morgan fingerprint density at radius 1 is 1.14 bits per heavy atom. The van der Waals surface area contributed by atoms with Gasteiger partial charge in [-0.05, 0) is 68.0 Å². The smallest absolute Gasteiger partial charge is 0.336 e. The molecule has 2 N–H and O–H groups in total. The van der Waals surface area contributed by atoms with Crippen LogP contribution in [-0.4, -0.2) is 37.2 Å². The van der Waals surface area contributed by atoms with E-state index in [0.717, 1.165) is 17.0 Å². The molecule has 0 fully saturated rings. The average Bonchev–Trinajstić information content (AvgIpc) is 2.89. The van der Waals surface area contributed by atoms with E-state index in [1.807, 2.05) is 38.1 Å². The lowest BCUT2D eigenvalue weighted by Gasteiger charge is -2.37. The Kier molecular flexibility index (Phi) is 8.13. The lowest BCUT2D eigenvalue weighted by molar-refractivity contribution is -0.139. The summed E-state index contributed by atoms with van der Waals surface area (Å²) in [7, 11) is 1.62. The summed E-state index contributed by atoms with van der Waals surface area (Å²) in [5.74, 6) is -0.503. The maximum Gasteiger partial charge on any atom is 0.336 e. The molecule has 0 radical (unpaired) electrons. The van der Waals surface area contributed by atoms with Crippen LogP contribution in [0.1, 0.15) is 63.0 Å². The first kappa shape index (κ1) is 26.6. The van der Waals surface area contributed by atoms with Gasteiger partial charge in [0.25, 0.3) is 0 Å². The van der Waals surface area contributed by atoms with Gasteiger partial charge >= 0.3 is 5.97 Å². The molecule has 37 heavy (non-hydrogen) atoms. The zero-order chi connectivity index (χ0) is 26.7. The number of rotatable bonds is 8. The SMILES string of the molecule is CCCOC(=O)C1=C(C)NC2=C(C(=O)C[C@H](c3ccc(OC)cc3)C2)[C@H]1c1cc(Cl)c(O)c(OCC)c1. The minimum Gasteiger partial charge on any atom is -0.503 e. The molecule has 2 atom stereocenters. The van der Waals surface area contributed by atoms with E-state index in [4.69, 9.17) is 25.8 Å². The number of esters is 1.